The molecule has 3 nitrogen and oxygen atoms in total. The average molecular weight is 256 g/mol. The molecule has 1 unspecified atom stereocenters. The van der Waals surface area contributed by atoms with Crippen LogP contribution in [-0.4, -0.2) is 12.1 Å². The Morgan fingerprint density at radius 2 is 1.95 bits per heavy atom. The van der Waals surface area contributed by atoms with Crippen molar-refractivity contribution < 1.29 is 4.74 Å². The highest BCUT2D eigenvalue weighted by Gasteiger charge is 2.07. The monoisotopic (exact) mass is 256 g/mol. The summed E-state index contributed by atoms with van der Waals surface area (Å²) in [5.74, 6) is 0.885. The zero-order valence-electron chi connectivity index (χ0n) is 11.5. The van der Waals surface area contributed by atoms with Gasteiger partial charge in [0.05, 0.1) is 7.11 Å². The Hall–Kier alpha value is -1.87. The lowest BCUT2D eigenvalue weighted by Gasteiger charge is -2.12. The zero-order chi connectivity index (χ0) is 13.7. The van der Waals surface area contributed by atoms with Crippen molar-refractivity contribution in [2.75, 3.05) is 7.11 Å². The van der Waals surface area contributed by atoms with E-state index in [1.807, 2.05) is 31.5 Å². The van der Waals surface area contributed by atoms with Crippen LogP contribution in [0.4, 0.5) is 0 Å². The topological polar surface area (TPSA) is 48.1 Å². The third-order valence-corrected chi connectivity index (χ3v) is 3.23. The van der Waals surface area contributed by atoms with Gasteiger partial charge >= 0.3 is 0 Å². The van der Waals surface area contributed by atoms with Gasteiger partial charge in [-0.1, -0.05) is 18.2 Å². The Morgan fingerprint density at radius 3 is 2.58 bits per heavy atom. The highest BCUT2D eigenvalue weighted by molar-refractivity contribution is 5.27. The van der Waals surface area contributed by atoms with Crippen LogP contribution >= 0.6 is 0 Å². The average Bonchev–Trinajstić information content (AvgIpc) is 2.45. The highest BCUT2D eigenvalue weighted by Crippen LogP contribution is 2.18. The highest BCUT2D eigenvalue weighted by atomic mass is 16.5. The number of hydrogen-bond donors (Lipinski definition) is 1. The van der Waals surface area contributed by atoms with Gasteiger partial charge in [0.25, 0.3) is 0 Å². The number of aryl methyl sites for hydroxylation is 2. The van der Waals surface area contributed by atoms with Crippen molar-refractivity contribution in [1.29, 1.82) is 0 Å². The Labute approximate surface area is 114 Å². The quantitative estimate of drug-likeness (QED) is 0.894. The fraction of sp³-hybridized carbons (Fsp3) is 0.312. The SMILES string of the molecule is COc1ccc(CCC(N)c2cncc(C)c2)cc1. The molecule has 0 saturated carbocycles. The molecule has 0 amide bonds. The molecule has 2 rings (SSSR count). The van der Waals surface area contributed by atoms with Crippen LogP contribution in [-0.2, 0) is 6.42 Å². The minimum absolute atomic E-state index is 0.0366. The van der Waals surface area contributed by atoms with Crippen molar-refractivity contribution in [3.05, 3.63) is 59.4 Å². The molecule has 1 atom stereocenters. The number of nitrogens with zero attached hydrogens (tertiary/aromatic N) is 1. The zero-order valence-corrected chi connectivity index (χ0v) is 11.5. The number of pyridine rings is 1. The Kier molecular flexibility index (Phi) is 4.53. The molecule has 1 heterocycles. The maximum Gasteiger partial charge on any atom is 0.118 e. The largest absolute Gasteiger partial charge is 0.497 e. The van der Waals surface area contributed by atoms with Gasteiger partial charge in [-0.2, -0.15) is 0 Å². The summed E-state index contributed by atoms with van der Waals surface area (Å²) in [5, 5.41) is 0. The molecule has 100 valence electrons. The lowest BCUT2D eigenvalue weighted by molar-refractivity contribution is 0.414. The molecule has 0 saturated heterocycles. The smallest absolute Gasteiger partial charge is 0.118 e. The first-order valence-electron chi connectivity index (χ1n) is 6.49. The van der Waals surface area contributed by atoms with E-state index in [-0.39, 0.29) is 6.04 Å². The molecule has 1 aromatic heterocycles. The summed E-state index contributed by atoms with van der Waals surface area (Å²) < 4.78 is 5.14. The van der Waals surface area contributed by atoms with Crippen LogP contribution in [0.3, 0.4) is 0 Å². The summed E-state index contributed by atoms with van der Waals surface area (Å²) in [5.41, 5.74) is 9.73. The van der Waals surface area contributed by atoms with Gasteiger partial charge in [0, 0.05) is 18.4 Å². The van der Waals surface area contributed by atoms with Crippen molar-refractivity contribution in [2.45, 2.75) is 25.8 Å². The van der Waals surface area contributed by atoms with Gasteiger partial charge in [-0.05, 0) is 48.6 Å². The van der Waals surface area contributed by atoms with E-state index in [9.17, 15) is 0 Å². The molecule has 0 bridgehead atoms. The molecule has 0 aliphatic heterocycles. The second-order valence-corrected chi connectivity index (χ2v) is 4.79. The third-order valence-electron chi connectivity index (χ3n) is 3.23. The van der Waals surface area contributed by atoms with Crippen molar-refractivity contribution in [3.63, 3.8) is 0 Å². The fourth-order valence-electron chi connectivity index (χ4n) is 2.06. The third kappa shape index (κ3) is 3.80. The number of hydrogen-bond acceptors (Lipinski definition) is 3. The van der Waals surface area contributed by atoms with Crippen molar-refractivity contribution in [1.82, 2.24) is 4.98 Å². The van der Waals surface area contributed by atoms with Crippen molar-refractivity contribution in [3.8, 4) is 5.75 Å². The minimum atomic E-state index is 0.0366. The lowest BCUT2D eigenvalue weighted by Crippen LogP contribution is -2.11. The number of methoxy groups -OCH3 is 1. The van der Waals surface area contributed by atoms with Gasteiger partial charge < -0.3 is 10.5 Å². The second-order valence-electron chi connectivity index (χ2n) is 4.79. The number of ether oxygens (including phenoxy) is 1. The normalized spacial score (nSPS) is 12.2. The number of benzene rings is 1. The van der Waals surface area contributed by atoms with Crippen LogP contribution in [0.2, 0.25) is 0 Å². The molecular weight excluding hydrogens is 236 g/mol. The molecular formula is C16H20N2O. The molecule has 0 aliphatic carbocycles. The van der Waals surface area contributed by atoms with E-state index in [0.717, 1.165) is 29.7 Å². The van der Waals surface area contributed by atoms with Gasteiger partial charge in [-0.25, -0.2) is 0 Å². The summed E-state index contributed by atoms with van der Waals surface area (Å²) in [6.45, 7) is 2.03. The molecule has 2 N–H and O–H groups in total. The predicted octanol–water partition coefficient (Wildman–Crippen LogP) is 3.03. The first kappa shape index (κ1) is 13.6. The molecule has 0 aliphatic rings. The summed E-state index contributed by atoms with van der Waals surface area (Å²) in [6, 6.07) is 10.3. The van der Waals surface area contributed by atoms with Gasteiger partial charge in [0.1, 0.15) is 5.75 Å². The number of aromatic nitrogens is 1. The molecule has 2 aromatic rings. The molecule has 0 fully saturated rings. The van der Waals surface area contributed by atoms with E-state index < -0.39 is 0 Å². The maximum absolute atomic E-state index is 6.20. The summed E-state index contributed by atoms with van der Waals surface area (Å²) in [6.07, 6.45) is 5.57. The van der Waals surface area contributed by atoms with Crippen molar-refractivity contribution >= 4 is 0 Å². The van der Waals surface area contributed by atoms with Crippen LogP contribution in [0, 0.1) is 6.92 Å². The van der Waals surface area contributed by atoms with E-state index >= 15 is 0 Å². The predicted molar refractivity (Wildman–Crippen MR) is 77.2 cm³/mol. The van der Waals surface area contributed by atoms with E-state index in [4.69, 9.17) is 10.5 Å². The van der Waals surface area contributed by atoms with Gasteiger partial charge in [-0.3, -0.25) is 4.98 Å². The molecule has 19 heavy (non-hydrogen) atoms. The van der Waals surface area contributed by atoms with E-state index in [1.54, 1.807) is 7.11 Å². The number of rotatable bonds is 5. The summed E-state index contributed by atoms with van der Waals surface area (Å²) in [7, 11) is 1.68. The molecule has 1 aromatic carbocycles. The fourth-order valence-corrected chi connectivity index (χ4v) is 2.06. The van der Waals surface area contributed by atoms with Crippen LogP contribution in [0.1, 0.15) is 29.2 Å². The van der Waals surface area contributed by atoms with E-state index in [1.165, 1.54) is 5.56 Å². The first-order chi connectivity index (χ1) is 9.19. The van der Waals surface area contributed by atoms with Gasteiger partial charge in [-0.15, -0.1) is 0 Å². The number of nitrogens with two attached hydrogens (primary N) is 1. The van der Waals surface area contributed by atoms with Crippen LogP contribution in [0.15, 0.2) is 42.7 Å². The molecule has 3 heteroatoms. The molecule has 0 radical (unpaired) electrons. The van der Waals surface area contributed by atoms with Crippen LogP contribution in [0.5, 0.6) is 5.75 Å². The lowest BCUT2D eigenvalue weighted by atomic mass is 10.0. The van der Waals surface area contributed by atoms with E-state index in [0.29, 0.717) is 0 Å². The van der Waals surface area contributed by atoms with Crippen molar-refractivity contribution in [2.24, 2.45) is 5.73 Å². The standard InChI is InChI=1S/C16H20N2O/c1-12-9-14(11-18-10-12)16(17)8-5-13-3-6-15(19-2)7-4-13/h3-4,6-7,9-11,16H,5,8,17H2,1-2H3. The maximum atomic E-state index is 6.20. The van der Waals surface area contributed by atoms with Gasteiger partial charge in [0.15, 0.2) is 0 Å². The summed E-state index contributed by atoms with van der Waals surface area (Å²) >= 11 is 0. The Balaban J connectivity index is 1.94. The Bertz CT molecular complexity index is 523. The Morgan fingerprint density at radius 1 is 1.21 bits per heavy atom. The summed E-state index contributed by atoms with van der Waals surface area (Å²) in [4.78, 5) is 4.19. The minimum Gasteiger partial charge on any atom is -0.497 e. The van der Waals surface area contributed by atoms with Crippen LogP contribution in [0.25, 0.3) is 0 Å². The van der Waals surface area contributed by atoms with E-state index in [2.05, 4.69) is 23.2 Å². The second kappa shape index (κ2) is 6.34. The molecule has 0 spiro atoms. The van der Waals surface area contributed by atoms with Gasteiger partial charge in [0.2, 0.25) is 0 Å². The first-order valence-corrected chi connectivity index (χ1v) is 6.49. The van der Waals surface area contributed by atoms with Crippen LogP contribution < -0.4 is 10.5 Å².